The normalized spacial score (nSPS) is 15.2. The van der Waals surface area contributed by atoms with Crippen LogP contribution in [0.25, 0.3) is 0 Å². The number of piperazine rings is 1. The molecule has 0 radical (unpaired) electrons. The Hall–Kier alpha value is -2.13. The maximum atomic E-state index is 12.3. The van der Waals surface area contributed by atoms with Crippen molar-refractivity contribution in [3.05, 3.63) is 53.1 Å². The molecule has 30 heavy (non-hydrogen) atoms. The smallest absolute Gasteiger partial charge is 0.242 e. The predicted octanol–water partition coefficient (Wildman–Crippen LogP) is 2.71. The highest BCUT2D eigenvalue weighted by molar-refractivity contribution is 7.89. The molecule has 1 fully saturated rings. The molecule has 1 saturated heterocycles. The number of sulfonamides is 1. The summed E-state index contributed by atoms with van der Waals surface area (Å²) in [6.45, 7) is 5.96. The molecule has 1 aliphatic rings. The second-order valence-electron chi connectivity index (χ2n) is 7.42. The number of hydrogen-bond acceptors (Lipinski definition) is 5. The minimum Gasteiger partial charge on any atom is -0.369 e. The van der Waals surface area contributed by atoms with Gasteiger partial charge in [0.25, 0.3) is 0 Å². The van der Waals surface area contributed by atoms with Crippen LogP contribution in [-0.4, -0.2) is 59.0 Å². The Morgan fingerprint density at radius 3 is 2.47 bits per heavy atom. The summed E-state index contributed by atoms with van der Waals surface area (Å²) in [5.74, 6) is -0.257. The SMILES string of the molecule is Cc1cc(N2CCN(C)CC2)ccc1NC(=O)CCNS(=O)(=O)c1ccccc1Cl. The number of carbonyl (C=O) groups is 1. The van der Waals surface area contributed by atoms with Gasteiger partial charge in [-0.1, -0.05) is 23.7 Å². The highest BCUT2D eigenvalue weighted by Gasteiger charge is 2.18. The molecule has 2 aromatic carbocycles. The zero-order valence-corrected chi connectivity index (χ0v) is 18.8. The second-order valence-corrected chi connectivity index (χ2v) is 9.56. The molecular weight excluding hydrogens is 424 g/mol. The molecule has 0 saturated carbocycles. The van der Waals surface area contributed by atoms with E-state index in [2.05, 4.69) is 33.0 Å². The van der Waals surface area contributed by atoms with Crippen LogP contribution in [0.1, 0.15) is 12.0 Å². The van der Waals surface area contributed by atoms with Crippen molar-refractivity contribution >= 4 is 38.9 Å². The highest BCUT2D eigenvalue weighted by Crippen LogP contribution is 2.24. The summed E-state index contributed by atoms with van der Waals surface area (Å²) >= 11 is 5.95. The number of hydrogen-bond donors (Lipinski definition) is 2. The standard InChI is InChI=1S/C21H27ClN4O3S/c1-16-15-17(26-13-11-25(2)12-14-26)7-8-19(16)24-21(27)9-10-23-30(28,29)20-6-4-3-5-18(20)22/h3-8,15,23H,9-14H2,1-2H3,(H,24,27). The van der Waals surface area contributed by atoms with Crippen molar-refractivity contribution in [3.8, 4) is 0 Å². The molecular formula is C21H27ClN4O3S. The fourth-order valence-electron chi connectivity index (χ4n) is 3.30. The number of nitrogens with one attached hydrogen (secondary N) is 2. The molecule has 2 N–H and O–H groups in total. The van der Waals surface area contributed by atoms with Crippen molar-refractivity contribution in [2.45, 2.75) is 18.2 Å². The zero-order valence-electron chi connectivity index (χ0n) is 17.2. The topological polar surface area (TPSA) is 81.8 Å². The number of nitrogens with zero attached hydrogens (tertiary/aromatic N) is 2. The maximum Gasteiger partial charge on any atom is 0.242 e. The average Bonchev–Trinajstić information content (AvgIpc) is 2.70. The average molecular weight is 451 g/mol. The summed E-state index contributed by atoms with van der Waals surface area (Å²) in [6.07, 6.45) is 0.0172. The van der Waals surface area contributed by atoms with Crippen LogP contribution in [0.4, 0.5) is 11.4 Å². The van der Waals surface area contributed by atoms with Gasteiger partial charge in [0.05, 0.1) is 5.02 Å². The van der Waals surface area contributed by atoms with Crippen LogP contribution < -0.4 is 14.9 Å². The first kappa shape index (κ1) is 22.6. The van der Waals surface area contributed by atoms with Crippen molar-refractivity contribution < 1.29 is 13.2 Å². The van der Waals surface area contributed by atoms with Crippen molar-refractivity contribution in [1.82, 2.24) is 9.62 Å². The van der Waals surface area contributed by atoms with E-state index in [-0.39, 0.29) is 28.8 Å². The molecule has 7 nitrogen and oxygen atoms in total. The van der Waals surface area contributed by atoms with E-state index in [4.69, 9.17) is 11.6 Å². The number of amides is 1. The lowest BCUT2D eigenvalue weighted by atomic mass is 10.1. The molecule has 2 aromatic rings. The molecule has 0 aromatic heterocycles. The number of benzene rings is 2. The van der Waals surface area contributed by atoms with E-state index < -0.39 is 10.0 Å². The Labute approximate surface area is 183 Å². The summed E-state index contributed by atoms with van der Waals surface area (Å²) in [4.78, 5) is 16.9. The molecule has 1 heterocycles. The van der Waals surface area contributed by atoms with Crippen molar-refractivity contribution in [3.63, 3.8) is 0 Å². The first-order chi connectivity index (χ1) is 14.3. The molecule has 0 unspecified atom stereocenters. The molecule has 0 bridgehead atoms. The summed E-state index contributed by atoms with van der Waals surface area (Å²) in [5.41, 5.74) is 2.84. The highest BCUT2D eigenvalue weighted by atomic mass is 35.5. The van der Waals surface area contributed by atoms with E-state index in [1.807, 2.05) is 19.1 Å². The van der Waals surface area contributed by atoms with E-state index in [0.29, 0.717) is 0 Å². The Balaban J connectivity index is 1.53. The van der Waals surface area contributed by atoms with Gasteiger partial charge in [0.1, 0.15) is 4.90 Å². The molecule has 9 heteroatoms. The molecule has 0 atom stereocenters. The molecule has 0 aliphatic carbocycles. The number of carbonyl (C=O) groups excluding carboxylic acids is 1. The lowest BCUT2D eigenvalue weighted by Gasteiger charge is -2.34. The van der Waals surface area contributed by atoms with Crippen molar-refractivity contribution in [2.24, 2.45) is 0 Å². The molecule has 3 rings (SSSR count). The fraction of sp³-hybridized carbons (Fsp3) is 0.381. The Morgan fingerprint density at radius 1 is 1.10 bits per heavy atom. The Kier molecular flexibility index (Phi) is 7.36. The number of likely N-dealkylation sites (N-methyl/N-ethyl adjacent to an activating group) is 1. The molecule has 162 valence electrons. The van der Waals surface area contributed by atoms with Gasteiger partial charge in [-0.05, 0) is 49.9 Å². The number of anilines is 2. The van der Waals surface area contributed by atoms with Gasteiger partial charge < -0.3 is 15.1 Å². The third-order valence-corrected chi connectivity index (χ3v) is 7.08. The predicted molar refractivity (Wildman–Crippen MR) is 121 cm³/mol. The molecule has 0 spiro atoms. The monoisotopic (exact) mass is 450 g/mol. The quantitative estimate of drug-likeness (QED) is 0.677. The summed E-state index contributed by atoms with van der Waals surface area (Å²) < 4.78 is 27.1. The minimum absolute atomic E-state index is 0.00224. The third kappa shape index (κ3) is 5.72. The van der Waals surface area contributed by atoms with Crippen LogP contribution in [-0.2, 0) is 14.8 Å². The fourth-order valence-corrected chi connectivity index (χ4v) is 4.85. The minimum atomic E-state index is -3.76. The first-order valence-corrected chi connectivity index (χ1v) is 11.7. The van der Waals surface area contributed by atoms with Gasteiger partial charge in [0, 0.05) is 50.5 Å². The van der Waals surface area contributed by atoms with E-state index >= 15 is 0 Å². The van der Waals surface area contributed by atoms with Crippen LogP contribution in [0.2, 0.25) is 5.02 Å². The van der Waals surface area contributed by atoms with E-state index in [1.165, 1.54) is 12.1 Å². The summed E-state index contributed by atoms with van der Waals surface area (Å²) in [5, 5.41) is 3.00. The molecule has 1 amide bonds. The third-order valence-electron chi connectivity index (χ3n) is 5.12. The van der Waals surface area contributed by atoms with Gasteiger partial charge in [0.2, 0.25) is 15.9 Å². The van der Waals surface area contributed by atoms with Gasteiger partial charge in [0.15, 0.2) is 0 Å². The van der Waals surface area contributed by atoms with Crippen LogP contribution in [0.3, 0.4) is 0 Å². The van der Waals surface area contributed by atoms with Gasteiger partial charge >= 0.3 is 0 Å². The van der Waals surface area contributed by atoms with Crippen LogP contribution in [0.15, 0.2) is 47.4 Å². The van der Waals surface area contributed by atoms with E-state index in [1.54, 1.807) is 12.1 Å². The Morgan fingerprint density at radius 2 is 1.80 bits per heavy atom. The zero-order chi connectivity index (χ0) is 21.7. The largest absolute Gasteiger partial charge is 0.369 e. The second kappa shape index (κ2) is 9.78. The number of aryl methyl sites for hydroxylation is 1. The van der Waals surface area contributed by atoms with E-state index in [0.717, 1.165) is 43.1 Å². The van der Waals surface area contributed by atoms with Gasteiger partial charge in [-0.3, -0.25) is 4.79 Å². The Bertz CT molecular complexity index is 1010. The summed E-state index contributed by atoms with van der Waals surface area (Å²) in [6, 6.07) is 12.2. The van der Waals surface area contributed by atoms with Crippen LogP contribution in [0.5, 0.6) is 0 Å². The van der Waals surface area contributed by atoms with Crippen LogP contribution in [0, 0.1) is 6.92 Å². The van der Waals surface area contributed by atoms with Crippen LogP contribution >= 0.6 is 11.6 Å². The molecule has 1 aliphatic heterocycles. The number of halogens is 1. The van der Waals surface area contributed by atoms with Gasteiger partial charge in [-0.2, -0.15) is 0 Å². The van der Waals surface area contributed by atoms with Crippen molar-refractivity contribution in [1.29, 1.82) is 0 Å². The van der Waals surface area contributed by atoms with Gasteiger partial charge in [-0.25, -0.2) is 13.1 Å². The first-order valence-electron chi connectivity index (χ1n) is 9.84. The maximum absolute atomic E-state index is 12.3. The lowest BCUT2D eigenvalue weighted by Crippen LogP contribution is -2.44. The number of rotatable bonds is 7. The van der Waals surface area contributed by atoms with Crippen molar-refractivity contribution in [2.75, 3.05) is 50.0 Å². The van der Waals surface area contributed by atoms with E-state index in [9.17, 15) is 13.2 Å². The van der Waals surface area contributed by atoms with Gasteiger partial charge in [-0.15, -0.1) is 0 Å². The lowest BCUT2D eigenvalue weighted by molar-refractivity contribution is -0.116. The summed E-state index contributed by atoms with van der Waals surface area (Å²) in [7, 11) is -1.64.